The van der Waals surface area contributed by atoms with Crippen molar-refractivity contribution in [2.75, 3.05) is 5.32 Å². The smallest absolute Gasteiger partial charge is 0.137 e. The highest BCUT2D eigenvalue weighted by Gasteiger charge is 2.15. The lowest BCUT2D eigenvalue weighted by atomic mass is 9.95. The lowest BCUT2D eigenvalue weighted by Crippen LogP contribution is -1.96. The van der Waals surface area contributed by atoms with Crippen LogP contribution in [0.3, 0.4) is 0 Å². The number of nitrogens with one attached hydrogen (secondary N) is 1. The molecule has 2 heteroatoms. The van der Waals surface area contributed by atoms with Gasteiger partial charge in [-0.15, -0.1) is 0 Å². The van der Waals surface area contributed by atoms with E-state index in [1.165, 1.54) is 16.7 Å². The van der Waals surface area contributed by atoms with Crippen LogP contribution in [0.2, 0.25) is 0 Å². The molecule has 0 atom stereocenters. The van der Waals surface area contributed by atoms with E-state index in [0.717, 1.165) is 17.1 Å². The molecule has 1 N–H and O–H groups in total. The average molecular weight is 270 g/mol. The molecule has 21 heavy (non-hydrogen) atoms. The van der Waals surface area contributed by atoms with Crippen molar-refractivity contribution in [2.24, 2.45) is 0 Å². The summed E-state index contributed by atoms with van der Waals surface area (Å²) < 4.78 is 0. The van der Waals surface area contributed by atoms with Crippen LogP contribution in [0.25, 0.3) is 11.6 Å². The Labute approximate surface area is 123 Å². The Morgan fingerprint density at radius 2 is 1.57 bits per heavy atom. The van der Waals surface area contributed by atoms with Gasteiger partial charge < -0.3 is 5.32 Å². The Balaban J connectivity index is 2.00. The number of hydrogen-bond donors (Lipinski definition) is 1. The zero-order chi connectivity index (χ0) is 14.1. The van der Waals surface area contributed by atoms with Crippen molar-refractivity contribution < 1.29 is 0 Å². The maximum absolute atomic E-state index is 4.45. The second kappa shape index (κ2) is 4.91. The lowest BCUT2D eigenvalue weighted by Gasteiger charge is -2.11. The van der Waals surface area contributed by atoms with Crippen molar-refractivity contribution in [1.82, 2.24) is 4.98 Å². The third kappa shape index (κ3) is 2.11. The van der Waals surface area contributed by atoms with E-state index >= 15 is 0 Å². The fourth-order valence-electron chi connectivity index (χ4n) is 2.68. The predicted octanol–water partition coefficient (Wildman–Crippen LogP) is 4.73. The number of pyridine rings is 1. The summed E-state index contributed by atoms with van der Waals surface area (Å²) in [5.74, 6) is 0.899. The minimum absolute atomic E-state index is 0.899. The monoisotopic (exact) mass is 270 g/mol. The van der Waals surface area contributed by atoms with Crippen LogP contribution >= 0.6 is 0 Å². The fraction of sp³-hybridized carbons (Fsp3) is 0. The van der Waals surface area contributed by atoms with Gasteiger partial charge in [0.05, 0.1) is 0 Å². The van der Waals surface area contributed by atoms with Crippen molar-refractivity contribution in [3.8, 4) is 0 Å². The first-order valence-corrected chi connectivity index (χ1v) is 7.00. The van der Waals surface area contributed by atoms with Crippen molar-refractivity contribution in [2.45, 2.75) is 0 Å². The molecule has 2 aromatic carbocycles. The average Bonchev–Trinajstić information content (AvgIpc) is 2.72. The summed E-state index contributed by atoms with van der Waals surface area (Å²) >= 11 is 0. The molecule has 2 heterocycles. The zero-order valence-electron chi connectivity index (χ0n) is 11.5. The standard InChI is InChI=1S/C19H14N2/c1-2-7-14(8-3-1)17-13-15-9-6-12-20-19(15)21-18-11-5-4-10-16(17)18/h1-13H,(H,20,21). The van der Waals surface area contributed by atoms with Gasteiger partial charge in [-0.3, -0.25) is 0 Å². The number of anilines is 2. The zero-order valence-corrected chi connectivity index (χ0v) is 11.5. The number of benzene rings is 2. The minimum atomic E-state index is 0.899. The largest absolute Gasteiger partial charge is 0.339 e. The highest BCUT2D eigenvalue weighted by molar-refractivity contribution is 5.99. The van der Waals surface area contributed by atoms with Crippen LogP contribution in [0.5, 0.6) is 0 Å². The van der Waals surface area contributed by atoms with Crippen LogP contribution < -0.4 is 5.32 Å². The molecular formula is C19H14N2. The van der Waals surface area contributed by atoms with Crippen LogP contribution in [0.1, 0.15) is 16.7 Å². The van der Waals surface area contributed by atoms with E-state index in [-0.39, 0.29) is 0 Å². The maximum atomic E-state index is 4.45. The molecular weight excluding hydrogens is 256 g/mol. The van der Waals surface area contributed by atoms with E-state index in [1.54, 1.807) is 0 Å². The van der Waals surface area contributed by atoms with E-state index in [1.807, 2.05) is 24.4 Å². The number of hydrogen-bond acceptors (Lipinski definition) is 2. The summed E-state index contributed by atoms with van der Waals surface area (Å²) in [5, 5.41) is 3.44. The van der Waals surface area contributed by atoms with E-state index < -0.39 is 0 Å². The lowest BCUT2D eigenvalue weighted by molar-refractivity contribution is 1.30. The van der Waals surface area contributed by atoms with Crippen molar-refractivity contribution >= 4 is 23.2 Å². The van der Waals surface area contributed by atoms with Gasteiger partial charge in [-0.1, -0.05) is 48.5 Å². The van der Waals surface area contributed by atoms with E-state index in [9.17, 15) is 0 Å². The molecule has 0 spiro atoms. The molecule has 1 aliphatic heterocycles. The van der Waals surface area contributed by atoms with Gasteiger partial charge in [-0.25, -0.2) is 4.98 Å². The Hall–Kier alpha value is -2.87. The Morgan fingerprint density at radius 1 is 0.762 bits per heavy atom. The molecule has 2 nitrogen and oxygen atoms in total. The highest BCUT2D eigenvalue weighted by Crippen LogP contribution is 2.36. The van der Waals surface area contributed by atoms with E-state index in [0.29, 0.717) is 0 Å². The molecule has 0 saturated carbocycles. The summed E-state index contributed by atoms with van der Waals surface area (Å²) in [7, 11) is 0. The quantitative estimate of drug-likeness (QED) is 0.541. The maximum Gasteiger partial charge on any atom is 0.137 e. The second-order valence-electron chi connectivity index (χ2n) is 5.04. The van der Waals surface area contributed by atoms with Crippen LogP contribution in [-0.2, 0) is 0 Å². The van der Waals surface area contributed by atoms with Gasteiger partial charge in [0.25, 0.3) is 0 Å². The summed E-state index contributed by atoms with van der Waals surface area (Å²) in [4.78, 5) is 4.45. The first-order valence-electron chi connectivity index (χ1n) is 7.00. The van der Waals surface area contributed by atoms with Gasteiger partial charge in [0.1, 0.15) is 5.82 Å². The molecule has 1 aliphatic rings. The Morgan fingerprint density at radius 3 is 2.48 bits per heavy atom. The van der Waals surface area contributed by atoms with Gasteiger partial charge in [0, 0.05) is 23.0 Å². The summed E-state index contributed by atoms with van der Waals surface area (Å²) in [6.45, 7) is 0. The molecule has 1 aromatic heterocycles. The van der Waals surface area contributed by atoms with Crippen LogP contribution in [0.4, 0.5) is 11.5 Å². The summed E-state index contributed by atoms with van der Waals surface area (Å²) in [6.07, 6.45) is 4.02. The number of nitrogens with zero attached hydrogens (tertiary/aromatic N) is 1. The van der Waals surface area contributed by atoms with Crippen molar-refractivity contribution in [1.29, 1.82) is 0 Å². The third-order valence-electron chi connectivity index (χ3n) is 3.69. The Kier molecular flexibility index (Phi) is 2.79. The fourth-order valence-corrected chi connectivity index (χ4v) is 2.68. The molecule has 0 bridgehead atoms. The number of rotatable bonds is 1. The SMILES string of the molecule is C1=C(c2ccccc2)c2ccccc2Nc2ncccc21. The molecule has 100 valence electrons. The first kappa shape index (κ1) is 11.9. The predicted molar refractivity (Wildman–Crippen MR) is 87.4 cm³/mol. The minimum Gasteiger partial charge on any atom is -0.339 e. The summed E-state index contributed by atoms with van der Waals surface area (Å²) in [5.41, 5.74) is 5.81. The van der Waals surface area contributed by atoms with Crippen LogP contribution in [-0.4, -0.2) is 4.98 Å². The normalized spacial score (nSPS) is 12.5. The van der Waals surface area contributed by atoms with Gasteiger partial charge in [-0.2, -0.15) is 0 Å². The number of aromatic nitrogens is 1. The first-order chi connectivity index (χ1) is 10.4. The van der Waals surface area contributed by atoms with Crippen LogP contribution in [0.15, 0.2) is 72.9 Å². The molecule has 4 rings (SSSR count). The number of fused-ring (bicyclic) bond motifs is 2. The Bertz CT molecular complexity index is 820. The molecule has 0 aliphatic carbocycles. The van der Waals surface area contributed by atoms with E-state index in [4.69, 9.17) is 0 Å². The van der Waals surface area contributed by atoms with Gasteiger partial charge >= 0.3 is 0 Å². The van der Waals surface area contributed by atoms with Crippen molar-refractivity contribution in [3.05, 3.63) is 89.6 Å². The van der Waals surface area contributed by atoms with Crippen LogP contribution in [0, 0.1) is 0 Å². The third-order valence-corrected chi connectivity index (χ3v) is 3.69. The highest BCUT2D eigenvalue weighted by atomic mass is 15.0. The molecule has 0 saturated heterocycles. The molecule has 0 radical (unpaired) electrons. The van der Waals surface area contributed by atoms with Crippen molar-refractivity contribution in [3.63, 3.8) is 0 Å². The topological polar surface area (TPSA) is 24.9 Å². The molecule has 0 fully saturated rings. The molecule has 0 amide bonds. The second-order valence-corrected chi connectivity index (χ2v) is 5.04. The van der Waals surface area contributed by atoms with Gasteiger partial charge in [0.15, 0.2) is 0 Å². The molecule has 0 unspecified atom stereocenters. The summed E-state index contributed by atoms with van der Waals surface area (Å²) in [6, 6.07) is 22.9. The van der Waals surface area contributed by atoms with Gasteiger partial charge in [0.2, 0.25) is 0 Å². The van der Waals surface area contributed by atoms with Gasteiger partial charge in [-0.05, 0) is 35.4 Å². The number of para-hydroxylation sites is 1. The molecule has 3 aromatic rings. The van der Waals surface area contributed by atoms with E-state index in [2.05, 4.69) is 64.9 Å².